The van der Waals surface area contributed by atoms with E-state index >= 15 is 0 Å². The van der Waals surface area contributed by atoms with E-state index in [1.807, 2.05) is 6.92 Å². The fourth-order valence-electron chi connectivity index (χ4n) is 2.44. The molecule has 3 nitrogen and oxygen atoms in total. The second kappa shape index (κ2) is 4.52. The first-order valence-electron chi connectivity index (χ1n) is 6.03. The molecule has 1 aliphatic carbocycles. The molecule has 2 fully saturated rings. The Labute approximate surface area is 91.1 Å². The van der Waals surface area contributed by atoms with Crippen molar-refractivity contribution in [2.75, 3.05) is 6.61 Å². The smallest absolute Gasteiger partial charge is 0.314 e. The average Bonchev–Trinajstić information content (AvgIpc) is 2.71. The van der Waals surface area contributed by atoms with Crippen LogP contribution in [0.4, 0.5) is 0 Å². The van der Waals surface area contributed by atoms with Gasteiger partial charge in [-0.2, -0.15) is 0 Å². The molecule has 2 rings (SSSR count). The van der Waals surface area contributed by atoms with Crippen molar-refractivity contribution in [3.8, 4) is 0 Å². The summed E-state index contributed by atoms with van der Waals surface area (Å²) in [6.45, 7) is 2.76. The molecule has 86 valence electrons. The summed E-state index contributed by atoms with van der Waals surface area (Å²) in [6.07, 6.45) is 7.10. The fraction of sp³-hybridized carbons (Fsp3) is 0.917. The fourth-order valence-corrected chi connectivity index (χ4v) is 2.44. The van der Waals surface area contributed by atoms with Gasteiger partial charge in [0.15, 0.2) is 0 Å². The summed E-state index contributed by atoms with van der Waals surface area (Å²) >= 11 is 0. The highest BCUT2D eigenvalue weighted by atomic mass is 16.7. The molecule has 2 aliphatic rings. The molecular weight excluding hydrogens is 192 g/mol. The molecule has 0 bridgehead atoms. The maximum absolute atomic E-state index is 12.0. The molecule has 1 unspecified atom stereocenters. The van der Waals surface area contributed by atoms with E-state index in [2.05, 4.69) is 0 Å². The highest BCUT2D eigenvalue weighted by Gasteiger charge is 2.37. The van der Waals surface area contributed by atoms with Crippen LogP contribution in [0.5, 0.6) is 0 Å². The molecule has 1 aliphatic heterocycles. The molecule has 15 heavy (non-hydrogen) atoms. The van der Waals surface area contributed by atoms with Crippen LogP contribution in [0.2, 0.25) is 0 Å². The maximum atomic E-state index is 12.0. The Hall–Kier alpha value is -0.570. The zero-order chi connectivity index (χ0) is 10.7. The third kappa shape index (κ3) is 2.51. The zero-order valence-corrected chi connectivity index (χ0v) is 9.46. The predicted octanol–water partition coefficient (Wildman–Crippen LogP) is 2.64. The Kier molecular flexibility index (Phi) is 3.29. The molecule has 0 aromatic carbocycles. The lowest BCUT2D eigenvalue weighted by Crippen LogP contribution is -2.34. The lowest BCUT2D eigenvalue weighted by molar-refractivity contribution is -0.182. The number of ether oxygens (including phenoxy) is 2. The van der Waals surface area contributed by atoms with Crippen molar-refractivity contribution in [2.45, 2.75) is 58.2 Å². The second-order valence-electron chi connectivity index (χ2n) is 4.97. The summed E-state index contributed by atoms with van der Waals surface area (Å²) in [5.74, 6) is -0.0471. The van der Waals surface area contributed by atoms with Gasteiger partial charge in [0.25, 0.3) is 0 Å². The molecule has 0 amide bonds. The van der Waals surface area contributed by atoms with Crippen molar-refractivity contribution in [3.63, 3.8) is 0 Å². The zero-order valence-electron chi connectivity index (χ0n) is 9.46. The standard InChI is InChI=1S/C12H20O3/c1-12(7-3-2-4-8-12)11(13)15-10-6-5-9-14-10/h10H,2-9H2,1H3. The molecule has 1 heterocycles. The summed E-state index contributed by atoms with van der Waals surface area (Å²) in [5.41, 5.74) is -0.246. The average molecular weight is 212 g/mol. The lowest BCUT2D eigenvalue weighted by atomic mass is 9.76. The van der Waals surface area contributed by atoms with Crippen LogP contribution in [-0.4, -0.2) is 18.9 Å². The summed E-state index contributed by atoms with van der Waals surface area (Å²) in [7, 11) is 0. The molecule has 0 aromatic rings. The summed E-state index contributed by atoms with van der Waals surface area (Å²) in [6, 6.07) is 0. The number of carbonyl (C=O) groups excluding carboxylic acids is 1. The summed E-state index contributed by atoms with van der Waals surface area (Å²) in [4.78, 5) is 12.0. The molecule has 1 saturated carbocycles. The van der Waals surface area contributed by atoms with E-state index in [0.717, 1.165) is 45.1 Å². The number of rotatable bonds is 2. The van der Waals surface area contributed by atoms with Crippen molar-refractivity contribution < 1.29 is 14.3 Å². The third-order valence-electron chi connectivity index (χ3n) is 3.58. The Morgan fingerprint density at radius 3 is 2.60 bits per heavy atom. The van der Waals surface area contributed by atoms with Crippen LogP contribution in [0.25, 0.3) is 0 Å². The van der Waals surface area contributed by atoms with Gasteiger partial charge >= 0.3 is 5.97 Å². The van der Waals surface area contributed by atoms with E-state index < -0.39 is 0 Å². The van der Waals surface area contributed by atoms with Crippen LogP contribution < -0.4 is 0 Å². The van der Waals surface area contributed by atoms with Crippen LogP contribution in [0.15, 0.2) is 0 Å². The largest absolute Gasteiger partial charge is 0.435 e. The van der Waals surface area contributed by atoms with Crippen LogP contribution in [0, 0.1) is 5.41 Å². The minimum absolute atomic E-state index is 0.0471. The maximum Gasteiger partial charge on any atom is 0.314 e. The van der Waals surface area contributed by atoms with Crippen molar-refractivity contribution in [3.05, 3.63) is 0 Å². The molecule has 1 saturated heterocycles. The van der Waals surface area contributed by atoms with E-state index in [-0.39, 0.29) is 17.7 Å². The Balaban J connectivity index is 1.87. The first-order valence-corrected chi connectivity index (χ1v) is 6.03. The van der Waals surface area contributed by atoms with Gasteiger partial charge in [-0.1, -0.05) is 19.3 Å². The van der Waals surface area contributed by atoms with E-state index in [1.54, 1.807) is 0 Å². The molecular formula is C12H20O3. The van der Waals surface area contributed by atoms with E-state index in [9.17, 15) is 4.79 Å². The van der Waals surface area contributed by atoms with Gasteiger partial charge in [0.05, 0.1) is 12.0 Å². The van der Waals surface area contributed by atoms with Gasteiger partial charge in [-0.3, -0.25) is 4.79 Å². The van der Waals surface area contributed by atoms with Crippen molar-refractivity contribution >= 4 is 5.97 Å². The van der Waals surface area contributed by atoms with Crippen LogP contribution in [0.3, 0.4) is 0 Å². The Morgan fingerprint density at radius 2 is 2.00 bits per heavy atom. The minimum Gasteiger partial charge on any atom is -0.435 e. The van der Waals surface area contributed by atoms with Gasteiger partial charge in [0.1, 0.15) is 0 Å². The van der Waals surface area contributed by atoms with Gasteiger partial charge in [0, 0.05) is 6.42 Å². The SMILES string of the molecule is CC1(C(=O)OC2CCCO2)CCCCC1. The number of carbonyl (C=O) groups is 1. The number of esters is 1. The van der Waals surface area contributed by atoms with Crippen LogP contribution in [-0.2, 0) is 14.3 Å². The summed E-state index contributed by atoms with van der Waals surface area (Å²) < 4.78 is 10.7. The normalized spacial score (nSPS) is 30.1. The first kappa shape index (κ1) is 10.9. The first-order chi connectivity index (χ1) is 7.21. The highest BCUT2D eigenvalue weighted by Crippen LogP contribution is 2.37. The van der Waals surface area contributed by atoms with Gasteiger partial charge in [0.2, 0.25) is 6.29 Å². The number of hydrogen-bond acceptors (Lipinski definition) is 3. The van der Waals surface area contributed by atoms with Gasteiger partial charge in [-0.25, -0.2) is 0 Å². The van der Waals surface area contributed by atoms with Gasteiger partial charge in [-0.15, -0.1) is 0 Å². The van der Waals surface area contributed by atoms with Crippen molar-refractivity contribution in [1.29, 1.82) is 0 Å². The summed E-state index contributed by atoms with van der Waals surface area (Å²) in [5, 5.41) is 0. The van der Waals surface area contributed by atoms with Crippen molar-refractivity contribution in [1.82, 2.24) is 0 Å². The third-order valence-corrected chi connectivity index (χ3v) is 3.58. The van der Waals surface area contributed by atoms with Gasteiger partial charge < -0.3 is 9.47 Å². The molecule has 0 aromatic heterocycles. The number of hydrogen-bond donors (Lipinski definition) is 0. The van der Waals surface area contributed by atoms with E-state index in [0.29, 0.717) is 0 Å². The monoisotopic (exact) mass is 212 g/mol. The Bertz CT molecular complexity index is 225. The van der Waals surface area contributed by atoms with Crippen molar-refractivity contribution in [2.24, 2.45) is 5.41 Å². The molecule has 0 N–H and O–H groups in total. The molecule has 0 spiro atoms. The van der Waals surface area contributed by atoms with Crippen LogP contribution >= 0.6 is 0 Å². The molecule has 3 heteroatoms. The van der Waals surface area contributed by atoms with Crippen LogP contribution in [0.1, 0.15) is 51.9 Å². The second-order valence-corrected chi connectivity index (χ2v) is 4.97. The lowest BCUT2D eigenvalue weighted by Gasteiger charge is -2.31. The van der Waals surface area contributed by atoms with Gasteiger partial charge in [-0.05, 0) is 26.2 Å². The Morgan fingerprint density at radius 1 is 1.27 bits per heavy atom. The minimum atomic E-state index is -0.267. The predicted molar refractivity (Wildman–Crippen MR) is 56.3 cm³/mol. The van der Waals surface area contributed by atoms with E-state index in [4.69, 9.17) is 9.47 Å². The highest BCUT2D eigenvalue weighted by molar-refractivity contribution is 5.76. The topological polar surface area (TPSA) is 35.5 Å². The molecule has 1 atom stereocenters. The molecule has 0 radical (unpaired) electrons. The van der Waals surface area contributed by atoms with E-state index in [1.165, 1.54) is 6.42 Å². The quantitative estimate of drug-likeness (QED) is 0.660.